The first-order valence-corrected chi connectivity index (χ1v) is 20.5. The van der Waals surface area contributed by atoms with Gasteiger partial charge in [-0.2, -0.15) is 0 Å². The van der Waals surface area contributed by atoms with Crippen molar-refractivity contribution in [3.05, 3.63) is 205 Å². The van der Waals surface area contributed by atoms with Crippen molar-refractivity contribution in [1.82, 2.24) is 4.57 Å². The quantitative estimate of drug-likeness (QED) is 0.167. The molecule has 0 spiro atoms. The first-order chi connectivity index (χ1) is 29.3. The van der Waals surface area contributed by atoms with Crippen molar-refractivity contribution >= 4 is 65.5 Å². The van der Waals surface area contributed by atoms with E-state index < -0.39 is 0 Å². The van der Waals surface area contributed by atoms with Gasteiger partial charge in [0.25, 0.3) is 0 Å². The highest BCUT2D eigenvalue weighted by molar-refractivity contribution is 6.25. The van der Waals surface area contributed by atoms with E-state index >= 15 is 0 Å². The average molecular weight is 753 g/mol. The van der Waals surface area contributed by atoms with E-state index in [9.17, 15) is 0 Å². The van der Waals surface area contributed by atoms with Crippen LogP contribution in [0.1, 0.15) is 11.1 Å². The third-order valence-corrected chi connectivity index (χ3v) is 12.9. The van der Waals surface area contributed by atoms with Crippen LogP contribution >= 0.6 is 0 Å². The molecule has 0 aliphatic carbocycles. The van der Waals surface area contributed by atoms with E-state index in [1.165, 1.54) is 104 Å². The molecule has 1 aromatic heterocycles. The van der Waals surface area contributed by atoms with Crippen LogP contribution in [-0.4, -0.2) is 4.57 Å². The molecule has 0 fully saturated rings. The fourth-order valence-corrected chi connectivity index (χ4v) is 10.2. The minimum Gasteiger partial charge on any atom is -0.488 e. The Morgan fingerprint density at radius 2 is 1.00 bits per heavy atom. The molecule has 0 bridgehead atoms. The Hall–Kier alpha value is -7.62. The Labute approximate surface area is 341 Å². The van der Waals surface area contributed by atoms with Gasteiger partial charge in [-0.3, -0.25) is 0 Å². The molecule has 0 amide bonds. The predicted octanol–water partition coefficient (Wildman–Crippen LogP) is 14.8. The largest absolute Gasteiger partial charge is 0.488 e. The molecule has 11 aromatic rings. The standard InChI is InChI=1S/C56H36N2O/c1-2-13-40-38(12-1)34-59-55-23-11-22-54(56(40)55)58-52-21-10-8-19-47(52)50-31-36(26-29-53(50)58)35-24-25-37-33-57(51-20-9-7-18-46(51)48(37)30-35)39-27-28-45-43-16-4-3-14-41(43)42-15-5-6-17-44(42)49(45)32-39/h1-32H,33-34H2. The molecule has 3 heterocycles. The number of fused-ring (bicyclic) bond motifs is 15. The van der Waals surface area contributed by atoms with Crippen molar-refractivity contribution in [2.24, 2.45) is 0 Å². The second kappa shape index (κ2) is 12.4. The van der Waals surface area contributed by atoms with Crippen molar-refractivity contribution in [1.29, 1.82) is 0 Å². The monoisotopic (exact) mass is 752 g/mol. The maximum Gasteiger partial charge on any atom is 0.129 e. The lowest BCUT2D eigenvalue weighted by molar-refractivity contribution is 0.302. The van der Waals surface area contributed by atoms with Gasteiger partial charge in [0.2, 0.25) is 0 Å². The Kier molecular flexibility index (Phi) is 6.84. The third kappa shape index (κ3) is 4.76. The van der Waals surface area contributed by atoms with Crippen LogP contribution in [0.4, 0.5) is 11.4 Å². The zero-order chi connectivity index (χ0) is 38.6. The second-order valence-corrected chi connectivity index (χ2v) is 16.0. The van der Waals surface area contributed by atoms with Crippen LogP contribution in [0.15, 0.2) is 194 Å². The van der Waals surface area contributed by atoms with E-state index in [0.717, 1.165) is 23.5 Å². The molecular weight excluding hydrogens is 717 g/mol. The summed E-state index contributed by atoms with van der Waals surface area (Å²) in [6.07, 6.45) is 0. The van der Waals surface area contributed by atoms with Crippen LogP contribution in [0, 0.1) is 0 Å². The zero-order valence-corrected chi connectivity index (χ0v) is 32.2. The smallest absolute Gasteiger partial charge is 0.129 e. The van der Waals surface area contributed by atoms with Gasteiger partial charge in [-0.05, 0) is 120 Å². The lowest BCUT2D eigenvalue weighted by Gasteiger charge is -2.33. The maximum atomic E-state index is 6.32. The number of anilines is 2. The van der Waals surface area contributed by atoms with Gasteiger partial charge in [-0.15, -0.1) is 0 Å². The Morgan fingerprint density at radius 3 is 1.83 bits per heavy atom. The van der Waals surface area contributed by atoms with Gasteiger partial charge in [0.1, 0.15) is 12.4 Å². The SMILES string of the molecule is c1ccc2c(c1)COc1cccc(-n3c4ccccc4c4cc(-c5ccc6c(c5)-c5ccccc5N(c5ccc7c8ccccc8c8ccccc8c7c5)C6)ccc43)c1-2. The molecule has 276 valence electrons. The number of para-hydroxylation sites is 2. The van der Waals surface area contributed by atoms with E-state index in [2.05, 4.69) is 204 Å². The molecule has 3 heteroatoms. The molecule has 0 N–H and O–H groups in total. The highest BCUT2D eigenvalue weighted by Crippen LogP contribution is 2.47. The number of aromatic nitrogens is 1. The summed E-state index contributed by atoms with van der Waals surface area (Å²) in [5, 5.41) is 10.2. The van der Waals surface area contributed by atoms with E-state index in [4.69, 9.17) is 4.74 Å². The molecule has 10 aromatic carbocycles. The molecule has 2 aliphatic heterocycles. The minimum absolute atomic E-state index is 0.588. The fraction of sp³-hybridized carbons (Fsp3) is 0.0357. The van der Waals surface area contributed by atoms with Gasteiger partial charge in [0, 0.05) is 39.8 Å². The number of benzene rings is 10. The van der Waals surface area contributed by atoms with E-state index in [1.807, 2.05) is 0 Å². The summed E-state index contributed by atoms with van der Waals surface area (Å²) in [5.41, 5.74) is 15.8. The molecule has 0 saturated carbocycles. The summed E-state index contributed by atoms with van der Waals surface area (Å²) < 4.78 is 8.75. The van der Waals surface area contributed by atoms with Crippen LogP contribution in [-0.2, 0) is 13.2 Å². The third-order valence-electron chi connectivity index (χ3n) is 12.9. The first-order valence-electron chi connectivity index (χ1n) is 20.5. The summed E-state index contributed by atoms with van der Waals surface area (Å²) in [6, 6.07) is 71.5. The fourth-order valence-electron chi connectivity index (χ4n) is 10.2. The first kappa shape index (κ1) is 32.5. The van der Waals surface area contributed by atoms with Gasteiger partial charge >= 0.3 is 0 Å². The Morgan fingerprint density at radius 1 is 0.373 bits per heavy atom. The van der Waals surface area contributed by atoms with Gasteiger partial charge < -0.3 is 14.2 Å². The summed E-state index contributed by atoms with van der Waals surface area (Å²) >= 11 is 0. The van der Waals surface area contributed by atoms with Crippen molar-refractivity contribution in [2.75, 3.05) is 4.90 Å². The van der Waals surface area contributed by atoms with Crippen LogP contribution in [0.25, 0.3) is 93.2 Å². The van der Waals surface area contributed by atoms with Gasteiger partial charge in [0.05, 0.1) is 16.7 Å². The predicted molar refractivity (Wildman–Crippen MR) is 246 cm³/mol. The van der Waals surface area contributed by atoms with Crippen molar-refractivity contribution in [3.63, 3.8) is 0 Å². The summed E-state index contributed by atoms with van der Waals surface area (Å²) in [5.74, 6) is 0.930. The van der Waals surface area contributed by atoms with Gasteiger partial charge in [-0.1, -0.05) is 140 Å². The van der Waals surface area contributed by atoms with Gasteiger partial charge in [0.15, 0.2) is 0 Å². The normalized spacial score (nSPS) is 13.1. The Bertz CT molecular complexity index is 3520. The highest BCUT2D eigenvalue weighted by Gasteiger charge is 2.26. The van der Waals surface area contributed by atoms with E-state index in [-0.39, 0.29) is 0 Å². The van der Waals surface area contributed by atoms with Crippen LogP contribution in [0.5, 0.6) is 5.75 Å². The van der Waals surface area contributed by atoms with Crippen molar-refractivity contribution < 1.29 is 4.74 Å². The van der Waals surface area contributed by atoms with Crippen LogP contribution < -0.4 is 9.64 Å². The van der Waals surface area contributed by atoms with Gasteiger partial charge in [-0.25, -0.2) is 0 Å². The summed E-state index contributed by atoms with van der Waals surface area (Å²) in [7, 11) is 0. The lowest BCUT2D eigenvalue weighted by Crippen LogP contribution is -2.21. The van der Waals surface area contributed by atoms with Crippen LogP contribution in [0.3, 0.4) is 0 Å². The summed E-state index contributed by atoms with van der Waals surface area (Å²) in [4.78, 5) is 2.49. The van der Waals surface area contributed by atoms with Crippen molar-refractivity contribution in [2.45, 2.75) is 13.2 Å². The van der Waals surface area contributed by atoms with E-state index in [1.54, 1.807) is 0 Å². The maximum absolute atomic E-state index is 6.32. The topological polar surface area (TPSA) is 17.4 Å². The molecule has 2 aliphatic rings. The average Bonchev–Trinajstić information content (AvgIpc) is 3.64. The van der Waals surface area contributed by atoms with E-state index in [0.29, 0.717) is 6.61 Å². The molecule has 0 radical (unpaired) electrons. The zero-order valence-electron chi connectivity index (χ0n) is 32.2. The molecule has 59 heavy (non-hydrogen) atoms. The van der Waals surface area contributed by atoms with Crippen LogP contribution in [0.2, 0.25) is 0 Å². The second-order valence-electron chi connectivity index (χ2n) is 16.0. The number of hydrogen-bond donors (Lipinski definition) is 0. The minimum atomic E-state index is 0.588. The number of ether oxygens (including phenoxy) is 1. The highest BCUT2D eigenvalue weighted by atomic mass is 16.5. The van der Waals surface area contributed by atoms with Crippen molar-refractivity contribution in [3.8, 4) is 44.8 Å². The molecule has 3 nitrogen and oxygen atoms in total. The molecule has 0 unspecified atom stereocenters. The molecule has 0 atom stereocenters. The summed E-state index contributed by atoms with van der Waals surface area (Å²) in [6.45, 7) is 1.38. The molecular formula is C56H36N2O. The number of hydrogen-bond acceptors (Lipinski definition) is 2. The lowest BCUT2D eigenvalue weighted by atomic mass is 9.89. The molecule has 0 saturated heterocycles. The number of nitrogens with zero attached hydrogens (tertiary/aromatic N) is 2. The Balaban J connectivity index is 0.928. The molecule has 13 rings (SSSR count). The number of rotatable bonds is 3.